The summed E-state index contributed by atoms with van der Waals surface area (Å²) >= 11 is 3.27. The van der Waals surface area contributed by atoms with Gasteiger partial charge in [0.15, 0.2) is 0 Å². The quantitative estimate of drug-likeness (QED) is 0.874. The summed E-state index contributed by atoms with van der Waals surface area (Å²) in [5.41, 5.74) is 6.30. The number of benzene rings is 1. The summed E-state index contributed by atoms with van der Waals surface area (Å²) < 4.78 is 0. The molecule has 0 aliphatic rings. The molecule has 1 unspecified atom stereocenters. The van der Waals surface area contributed by atoms with Gasteiger partial charge in [0.05, 0.1) is 4.83 Å². The molecule has 0 saturated carbocycles. The number of pyridine rings is 1. The number of carbonyl (C=O) groups is 1. The normalized spacial score (nSPS) is 12.6. The highest BCUT2D eigenvalue weighted by molar-refractivity contribution is 9.10. The Morgan fingerprint density at radius 2 is 2.25 bits per heavy atom. The molecule has 2 aromatic rings. The number of fused-ring (bicyclic) bond motifs is 1. The van der Waals surface area contributed by atoms with Crippen molar-refractivity contribution < 1.29 is 4.79 Å². The van der Waals surface area contributed by atoms with Crippen LogP contribution in [0.5, 0.6) is 0 Å². The lowest BCUT2D eigenvalue weighted by atomic mass is 10.0. The van der Waals surface area contributed by atoms with E-state index in [9.17, 15) is 4.79 Å². The number of hydrogen-bond donors (Lipinski definition) is 1. The summed E-state index contributed by atoms with van der Waals surface area (Å²) in [5.74, 6) is -0.346. The second kappa shape index (κ2) is 4.61. The van der Waals surface area contributed by atoms with Gasteiger partial charge in [-0.25, -0.2) is 0 Å². The van der Waals surface area contributed by atoms with Gasteiger partial charge in [0.2, 0.25) is 5.91 Å². The van der Waals surface area contributed by atoms with Gasteiger partial charge in [-0.05, 0) is 23.4 Å². The van der Waals surface area contributed by atoms with Crippen LogP contribution in [0.1, 0.15) is 5.56 Å². The summed E-state index contributed by atoms with van der Waals surface area (Å²) in [6, 6.07) is 7.93. The summed E-state index contributed by atoms with van der Waals surface area (Å²) in [6.45, 7) is 0. The van der Waals surface area contributed by atoms with E-state index in [4.69, 9.17) is 5.73 Å². The first-order chi connectivity index (χ1) is 7.68. The molecule has 2 N–H and O–H groups in total. The summed E-state index contributed by atoms with van der Waals surface area (Å²) in [7, 11) is 0. The Morgan fingerprint density at radius 3 is 3.00 bits per heavy atom. The molecule has 1 aromatic heterocycles. The number of hydrogen-bond acceptors (Lipinski definition) is 2. The van der Waals surface area contributed by atoms with Crippen LogP contribution in [0, 0.1) is 0 Å². The standard InChI is InChI=1S/C12H11BrN2O/c13-11(12(14)16)6-9-3-1-2-8-4-5-15-7-10(8)9/h1-5,7,11H,6H2,(H2,14,16). The third-order valence-corrected chi connectivity index (χ3v) is 3.26. The molecule has 0 saturated heterocycles. The number of carbonyl (C=O) groups excluding carboxylic acids is 1. The summed E-state index contributed by atoms with van der Waals surface area (Å²) in [6.07, 6.45) is 4.15. The van der Waals surface area contributed by atoms with Crippen molar-refractivity contribution in [1.29, 1.82) is 0 Å². The van der Waals surface area contributed by atoms with Gasteiger partial charge in [0, 0.05) is 17.8 Å². The average molecular weight is 279 g/mol. The molecule has 1 aromatic carbocycles. The molecule has 1 heterocycles. The van der Waals surface area contributed by atoms with Crippen LogP contribution >= 0.6 is 15.9 Å². The number of primary amides is 1. The zero-order valence-electron chi connectivity index (χ0n) is 8.56. The third-order valence-electron chi connectivity index (χ3n) is 2.48. The van der Waals surface area contributed by atoms with Crippen molar-refractivity contribution in [2.45, 2.75) is 11.2 Å². The zero-order chi connectivity index (χ0) is 11.5. The Balaban J connectivity index is 2.41. The van der Waals surface area contributed by atoms with E-state index in [2.05, 4.69) is 20.9 Å². The number of alkyl halides is 1. The molecule has 0 aliphatic carbocycles. The van der Waals surface area contributed by atoms with E-state index in [0.29, 0.717) is 6.42 Å². The van der Waals surface area contributed by atoms with Gasteiger partial charge in [0.25, 0.3) is 0 Å². The largest absolute Gasteiger partial charge is 0.369 e. The molecule has 1 atom stereocenters. The van der Waals surface area contributed by atoms with Crippen LogP contribution in [0.3, 0.4) is 0 Å². The van der Waals surface area contributed by atoms with Gasteiger partial charge in [0.1, 0.15) is 0 Å². The Labute approximate surface area is 102 Å². The van der Waals surface area contributed by atoms with Crippen LogP contribution in [0.2, 0.25) is 0 Å². The summed E-state index contributed by atoms with van der Waals surface area (Å²) in [5, 5.41) is 2.19. The number of halogens is 1. The average Bonchev–Trinajstić information content (AvgIpc) is 2.29. The van der Waals surface area contributed by atoms with Gasteiger partial charge in [-0.3, -0.25) is 9.78 Å². The van der Waals surface area contributed by atoms with Crippen LogP contribution < -0.4 is 5.73 Å². The molecule has 0 radical (unpaired) electrons. The van der Waals surface area contributed by atoms with E-state index in [1.165, 1.54) is 0 Å². The van der Waals surface area contributed by atoms with Crippen LogP contribution in [0.4, 0.5) is 0 Å². The fourth-order valence-electron chi connectivity index (χ4n) is 1.65. The summed E-state index contributed by atoms with van der Waals surface area (Å²) in [4.78, 5) is 14.8. The van der Waals surface area contributed by atoms with Gasteiger partial charge >= 0.3 is 0 Å². The van der Waals surface area contributed by atoms with Crippen LogP contribution in [0.25, 0.3) is 10.8 Å². The molecule has 16 heavy (non-hydrogen) atoms. The SMILES string of the molecule is NC(=O)C(Br)Cc1cccc2ccncc12. The van der Waals surface area contributed by atoms with Gasteiger partial charge in [-0.15, -0.1) is 0 Å². The minimum atomic E-state index is -0.346. The van der Waals surface area contributed by atoms with Crippen LogP contribution in [-0.4, -0.2) is 15.7 Å². The molecule has 0 aliphatic heterocycles. The molecule has 0 spiro atoms. The van der Waals surface area contributed by atoms with E-state index < -0.39 is 0 Å². The monoisotopic (exact) mass is 278 g/mol. The Kier molecular flexibility index (Phi) is 3.19. The predicted molar refractivity (Wildman–Crippen MR) is 67.4 cm³/mol. The van der Waals surface area contributed by atoms with Gasteiger partial charge in [-0.1, -0.05) is 34.1 Å². The topological polar surface area (TPSA) is 56.0 Å². The Morgan fingerprint density at radius 1 is 1.44 bits per heavy atom. The lowest BCUT2D eigenvalue weighted by Gasteiger charge is -2.08. The number of amides is 1. The first-order valence-corrected chi connectivity index (χ1v) is 5.85. The zero-order valence-corrected chi connectivity index (χ0v) is 10.1. The van der Waals surface area contributed by atoms with Crippen molar-refractivity contribution in [3.8, 4) is 0 Å². The highest BCUT2D eigenvalue weighted by Gasteiger charge is 2.13. The van der Waals surface area contributed by atoms with E-state index in [1.807, 2.05) is 30.5 Å². The van der Waals surface area contributed by atoms with E-state index in [0.717, 1.165) is 16.3 Å². The molecular weight excluding hydrogens is 268 g/mol. The second-order valence-electron chi connectivity index (χ2n) is 3.59. The van der Waals surface area contributed by atoms with Crippen molar-refractivity contribution >= 4 is 32.6 Å². The number of nitrogens with zero attached hydrogens (tertiary/aromatic N) is 1. The molecule has 0 fully saturated rings. The van der Waals surface area contributed by atoms with Crippen molar-refractivity contribution in [2.75, 3.05) is 0 Å². The molecule has 2 rings (SSSR count). The van der Waals surface area contributed by atoms with Crippen molar-refractivity contribution in [3.63, 3.8) is 0 Å². The van der Waals surface area contributed by atoms with Crippen LogP contribution in [-0.2, 0) is 11.2 Å². The first-order valence-electron chi connectivity index (χ1n) is 4.93. The molecular formula is C12H11BrN2O. The highest BCUT2D eigenvalue weighted by Crippen LogP contribution is 2.20. The van der Waals surface area contributed by atoms with Gasteiger partial charge in [-0.2, -0.15) is 0 Å². The van der Waals surface area contributed by atoms with Gasteiger partial charge < -0.3 is 5.73 Å². The molecule has 1 amide bonds. The maximum Gasteiger partial charge on any atom is 0.231 e. The number of rotatable bonds is 3. The predicted octanol–water partition coefficient (Wildman–Crippen LogP) is 2.03. The minimum Gasteiger partial charge on any atom is -0.369 e. The second-order valence-corrected chi connectivity index (χ2v) is 4.69. The van der Waals surface area contributed by atoms with E-state index in [1.54, 1.807) is 6.20 Å². The lowest BCUT2D eigenvalue weighted by Crippen LogP contribution is -2.25. The van der Waals surface area contributed by atoms with Crippen molar-refractivity contribution in [3.05, 3.63) is 42.2 Å². The maximum atomic E-state index is 11.0. The minimum absolute atomic E-state index is 0.335. The number of aromatic nitrogens is 1. The smallest absolute Gasteiger partial charge is 0.231 e. The first kappa shape index (κ1) is 11.1. The lowest BCUT2D eigenvalue weighted by molar-refractivity contribution is -0.117. The Bertz CT molecular complexity index is 522. The third kappa shape index (κ3) is 2.22. The molecule has 3 nitrogen and oxygen atoms in total. The van der Waals surface area contributed by atoms with E-state index in [-0.39, 0.29) is 10.7 Å². The van der Waals surface area contributed by atoms with E-state index >= 15 is 0 Å². The Hall–Kier alpha value is -1.42. The molecule has 4 heteroatoms. The van der Waals surface area contributed by atoms with Crippen LogP contribution in [0.15, 0.2) is 36.7 Å². The molecule has 82 valence electrons. The van der Waals surface area contributed by atoms with Crippen molar-refractivity contribution in [1.82, 2.24) is 4.98 Å². The fourth-order valence-corrected chi connectivity index (χ4v) is 2.00. The fraction of sp³-hybridized carbons (Fsp3) is 0.167. The van der Waals surface area contributed by atoms with Crippen molar-refractivity contribution in [2.24, 2.45) is 5.73 Å². The highest BCUT2D eigenvalue weighted by atomic mass is 79.9. The molecule has 0 bridgehead atoms. The maximum absolute atomic E-state index is 11.0. The number of nitrogens with two attached hydrogens (primary N) is 1.